The van der Waals surface area contributed by atoms with Gasteiger partial charge >= 0.3 is 11.9 Å². The Morgan fingerprint density at radius 1 is 1.12 bits per heavy atom. The summed E-state index contributed by atoms with van der Waals surface area (Å²) in [4.78, 5) is 22.5. The highest BCUT2D eigenvalue weighted by Crippen LogP contribution is 2.03. The van der Waals surface area contributed by atoms with Gasteiger partial charge in [0, 0.05) is 6.42 Å². The monoisotopic (exact) mass is 228 g/mol. The number of hydrogen-bond donors (Lipinski definition) is 0. The highest BCUT2D eigenvalue weighted by molar-refractivity contribution is 5.89. The zero-order chi connectivity index (χ0) is 12.4. The van der Waals surface area contributed by atoms with Crippen LogP contribution in [0.2, 0.25) is 0 Å². The van der Waals surface area contributed by atoms with Gasteiger partial charge in [0.2, 0.25) is 0 Å². The molecule has 0 amide bonds. The fraction of sp³-hybridized carbons (Fsp3) is 0.667. The summed E-state index contributed by atoms with van der Waals surface area (Å²) in [5.74, 6) is -0.710. The molecule has 0 heterocycles. The first kappa shape index (κ1) is 14.7. The van der Waals surface area contributed by atoms with Crippen LogP contribution in [0.25, 0.3) is 0 Å². The molecule has 0 radical (unpaired) electrons. The fourth-order valence-corrected chi connectivity index (χ4v) is 0.995. The smallest absolute Gasteiger partial charge is 0.337 e. The summed E-state index contributed by atoms with van der Waals surface area (Å²) >= 11 is 0. The van der Waals surface area contributed by atoms with Gasteiger partial charge in [0.15, 0.2) is 0 Å². The van der Waals surface area contributed by atoms with E-state index in [-0.39, 0.29) is 12.6 Å². The van der Waals surface area contributed by atoms with E-state index in [0.29, 0.717) is 25.0 Å². The van der Waals surface area contributed by atoms with E-state index >= 15 is 0 Å². The van der Waals surface area contributed by atoms with Crippen LogP contribution in [0.1, 0.15) is 40.0 Å². The first-order valence-corrected chi connectivity index (χ1v) is 5.67. The van der Waals surface area contributed by atoms with Crippen molar-refractivity contribution in [1.29, 1.82) is 0 Å². The second-order valence-corrected chi connectivity index (χ2v) is 3.29. The summed E-state index contributed by atoms with van der Waals surface area (Å²) in [5.41, 5.74) is 0.415. The van der Waals surface area contributed by atoms with Gasteiger partial charge in [-0.25, -0.2) is 4.79 Å². The average molecular weight is 228 g/mol. The van der Waals surface area contributed by atoms with Gasteiger partial charge in [-0.2, -0.15) is 0 Å². The molecule has 0 aromatic rings. The molecule has 0 saturated carbocycles. The first-order valence-electron chi connectivity index (χ1n) is 5.67. The molecule has 0 fully saturated rings. The lowest BCUT2D eigenvalue weighted by atomic mass is 10.2. The minimum Gasteiger partial charge on any atom is -0.462 e. The third-order valence-electron chi connectivity index (χ3n) is 1.83. The van der Waals surface area contributed by atoms with Crippen LogP contribution in [0.4, 0.5) is 0 Å². The number of ether oxygens (including phenoxy) is 2. The lowest BCUT2D eigenvalue weighted by Gasteiger charge is -2.08. The maximum atomic E-state index is 11.5. The minimum atomic E-state index is -0.396. The normalized spacial score (nSPS) is 11.1. The van der Waals surface area contributed by atoms with E-state index in [4.69, 9.17) is 9.47 Å². The molecule has 92 valence electrons. The van der Waals surface area contributed by atoms with Crippen LogP contribution >= 0.6 is 0 Å². The first-order chi connectivity index (χ1) is 7.65. The van der Waals surface area contributed by atoms with Crippen LogP contribution in [0, 0.1) is 0 Å². The standard InChI is InChI=1S/C12H20O4/c1-4-7-10(9-16-11(13)6-3)12(14)15-8-5-2/h7H,4-6,8-9H2,1-3H3. The van der Waals surface area contributed by atoms with Crippen LogP contribution in [0.3, 0.4) is 0 Å². The maximum absolute atomic E-state index is 11.5. The Bertz CT molecular complexity index is 256. The Kier molecular flexibility index (Phi) is 8.21. The zero-order valence-electron chi connectivity index (χ0n) is 10.2. The van der Waals surface area contributed by atoms with Gasteiger partial charge in [-0.3, -0.25) is 4.79 Å². The van der Waals surface area contributed by atoms with E-state index in [9.17, 15) is 9.59 Å². The minimum absolute atomic E-state index is 0.00304. The van der Waals surface area contributed by atoms with E-state index < -0.39 is 5.97 Å². The van der Waals surface area contributed by atoms with Gasteiger partial charge in [-0.1, -0.05) is 26.8 Å². The van der Waals surface area contributed by atoms with Gasteiger partial charge in [-0.05, 0) is 12.8 Å². The van der Waals surface area contributed by atoms with E-state index in [0.717, 1.165) is 6.42 Å². The second-order valence-electron chi connectivity index (χ2n) is 3.29. The number of esters is 2. The molecular weight excluding hydrogens is 208 g/mol. The Hall–Kier alpha value is -1.32. The fourth-order valence-electron chi connectivity index (χ4n) is 0.995. The SMILES string of the molecule is CCC=C(COC(=O)CC)C(=O)OCCC. The van der Waals surface area contributed by atoms with Crippen molar-refractivity contribution in [2.75, 3.05) is 13.2 Å². The quantitative estimate of drug-likeness (QED) is 0.495. The molecule has 0 saturated heterocycles. The van der Waals surface area contributed by atoms with Gasteiger partial charge in [0.25, 0.3) is 0 Å². The van der Waals surface area contributed by atoms with Gasteiger partial charge < -0.3 is 9.47 Å². The van der Waals surface area contributed by atoms with E-state index in [1.807, 2.05) is 13.8 Å². The van der Waals surface area contributed by atoms with Crippen LogP contribution in [0.5, 0.6) is 0 Å². The molecule has 0 spiro atoms. The molecular formula is C12H20O4. The molecule has 0 aromatic carbocycles. The Morgan fingerprint density at radius 3 is 2.31 bits per heavy atom. The van der Waals surface area contributed by atoms with Crippen molar-refractivity contribution in [1.82, 2.24) is 0 Å². The second kappa shape index (κ2) is 8.95. The summed E-state index contributed by atoms with van der Waals surface area (Å²) in [6, 6.07) is 0. The molecule has 0 unspecified atom stereocenters. The molecule has 0 aliphatic heterocycles. The van der Waals surface area contributed by atoms with Crippen molar-refractivity contribution >= 4 is 11.9 Å². The van der Waals surface area contributed by atoms with E-state index in [2.05, 4.69) is 0 Å². The predicted octanol–water partition coefficient (Wildman–Crippen LogP) is 2.23. The third kappa shape index (κ3) is 6.22. The molecule has 0 aliphatic rings. The van der Waals surface area contributed by atoms with E-state index in [1.54, 1.807) is 13.0 Å². The number of carbonyl (C=O) groups is 2. The molecule has 0 N–H and O–H groups in total. The van der Waals surface area contributed by atoms with Crippen LogP contribution in [0.15, 0.2) is 11.6 Å². The van der Waals surface area contributed by atoms with Crippen molar-refractivity contribution in [2.24, 2.45) is 0 Å². The molecule has 4 heteroatoms. The van der Waals surface area contributed by atoms with Crippen molar-refractivity contribution < 1.29 is 19.1 Å². The number of carbonyl (C=O) groups excluding carboxylic acids is 2. The maximum Gasteiger partial charge on any atom is 0.337 e. The molecule has 0 aromatic heterocycles. The van der Waals surface area contributed by atoms with Gasteiger partial charge in [0.1, 0.15) is 6.61 Å². The highest BCUT2D eigenvalue weighted by Gasteiger charge is 2.12. The molecule has 0 rings (SSSR count). The van der Waals surface area contributed by atoms with Crippen molar-refractivity contribution in [3.63, 3.8) is 0 Å². The van der Waals surface area contributed by atoms with Gasteiger partial charge in [-0.15, -0.1) is 0 Å². The third-order valence-corrected chi connectivity index (χ3v) is 1.83. The predicted molar refractivity (Wildman–Crippen MR) is 60.9 cm³/mol. The largest absolute Gasteiger partial charge is 0.462 e. The Morgan fingerprint density at radius 2 is 1.81 bits per heavy atom. The lowest BCUT2D eigenvalue weighted by Crippen LogP contribution is -2.15. The molecule has 0 atom stereocenters. The van der Waals surface area contributed by atoms with Crippen LogP contribution < -0.4 is 0 Å². The highest BCUT2D eigenvalue weighted by atomic mass is 16.5. The van der Waals surface area contributed by atoms with Gasteiger partial charge in [0.05, 0.1) is 12.2 Å². The summed E-state index contributed by atoms with van der Waals surface area (Å²) in [5, 5.41) is 0. The summed E-state index contributed by atoms with van der Waals surface area (Å²) in [6.45, 7) is 5.94. The average Bonchev–Trinajstić information content (AvgIpc) is 2.30. The Labute approximate surface area is 96.6 Å². The molecule has 0 aliphatic carbocycles. The topological polar surface area (TPSA) is 52.6 Å². The number of hydrogen-bond acceptors (Lipinski definition) is 4. The molecule has 4 nitrogen and oxygen atoms in total. The Balaban J connectivity index is 4.22. The van der Waals surface area contributed by atoms with Crippen LogP contribution in [-0.2, 0) is 19.1 Å². The molecule has 0 bridgehead atoms. The summed E-state index contributed by atoms with van der Waals surface area (Å²) in [6.07, 6.45) is 3.52. The lowest BCUT2D eigenvalue weighted by molar-refractivity contribution is -0.144. The van der Waals surface area contributed by atoms with Crippen LogP contribution in [-0.4, -0.2) is 25.2 Å². The van der Waals surface area contributed by atoms with Crippen molar-refractivity contribution in [2.45, 2.75) is 40.0 Å². The number of rotatable bonds is 7. The summed E-state index contributed by atoms with van der Waals surface area (Å²) in [7, 11) is 0. The zero-order valence-corrected chi connectivity index (χ0v) is 10.2. The van der Waals surface area contributed by atoms with E-state index in [1.165, 1.54) is 0 Å². The van der Waals surface area contributed by atoms with Crippen molar-refractivity contribution in [3.8, 4) is 0 Å². The summed E-state index contributed by atoms with van der Waals surface area (Å²) < 4.78 is 9.87. The van der Waals surface area contributed by atoms with Crippen molar-refractivity contribution in [3.05, 3.63) is 11.6 Å². The number of allylic oxidation sites excluding steroid dienone is 1. The molecule has 16 heavy (non-hydrogen) atoms.